The molecule has 1 aliphatic heterocycles. The summed E-state index contributed by atoms with van der Waals surface area (Å²) in [7, 11) is 0. The van der Waals surface area contributed by atoms with Crippen LogP contribution in [0.4, 0.5) is 0 Å². The second-order valence-electron chi connectivity index (χ2n) is 5.65. The number of fused-ring (bicyclic) bond motifs is 1. The SMILES string of the molecule is CC(C)c1nnc(-c2cc3c(OC[C@@H]4CO4)cccc3o2)o1. The largest absolute Gasteiger partial charge is 0.490 e. The summed E-state index contributed by atoms with van der Waals surface area (Å²) in [6.45, 7) is 5.33. The van der Waals surface area contributed by atoms with Gasteiger partial charge in [-0.2, -0.15) is 0 Å². The van der Waals surface area contributed by atoms with Crippen molar-refractivity contribution in [3.05, 3.63) is 30.2 Å². The third-order valence-corrected chi connectivity index (χ3v) is 3.49. The second-order valence-corrected chi connectivity index (χ2v) is 5.65. The quantitative estimate of drug-likeness (QED) is 0.672. The molecule has 6 nitrogen and oxygen atoms in total. The second kappa shape index (κ2) is 5.14. The number of epoxide rings is 1. The van der Waals surface area contributed by atoms with E-state index in [1.165, 1.54) is 0 Å². The van der Waals surface area contributed by atoms with Crippen molar-refractivity contribution in [1.29, 1.82) is 0 Å². The van der Waals surface area contributed by atoms with Gasteiger partial charge in [0.05, 0.1) is 12.0 Å². The maximum absolute atomic E-state index is 5.80. The molecule has 0 saturated carbocycles. The summed E-state index contributed by atoms with van der Waals surface area (Å²) < 4.78 is 22.4. The van der Waals surface area contributed by atoms with Gasteiger partial charge < -0.3 is 18.3 Å². The summed E-state index contributed by atoms with van der Waals surface area (Å²) >= 11 is 0. The summed E-state index contributed by atoms with van der Waals surface area (Å²) in [4.78, 5) is 0. The van der Waals surface area contributed by atoms with Gasteiger partial charge in [0.1, 0.15) is 24.0 Å². The van der Waals surface area contributed by atoms with Gasteiger partial charge in [-0.15, -0.1) is 10.2 Å². The van der Waals surface area contributed by atoms with Gasteiger partial charge in [-0.1, -0.05) is 19.9 Å². The van der Waals surface area contributed by atoms with Crippen LogP contribution in [0.25, 0.3) is 22.6 Å². The summed E-state index contributed by atoms with van der Waals surface area (Å²) in [6, 6.07) is 7.57. The molecule has 1 aromatic carbocycles. The van der Waals surface area contributed by atoms with Gasteiger partial charge in [0, 0.05) is 12.0 Å². The molecule has 0 unspecified atom stereocenters. The maximum Gasteiger partial charge on any atom is 0.283 e. The van der Waals surface area contributed by atoms with E-state index in [1.54, 1.807) is 0 Å². The molecule has 0 N–H and O–H groups in total. The Hall–Kier alpha value is -2.34. The van der Waals surface area contributed by atoms with Crippen molar-refractivity contribution < 1.29 is 18.3 Å². The van der Waals surface area contributed by atoms with Gasteiger partial charge in [0.2, 0.25) is 5.89 Å². The zero-order valence-electron chi connectivity index (χ0n) is 12.4. The minimum absolute atomic E-state index is 0.183. The van der Waals surface area contributed by atoms with Crippen molar-refractivity contribution >= 4 is 11.0 Å². The van der Waals surface area contributed by atoms with Crippen LogP contribution in [0.15, 0.2) is 33.1 Å². The molecular formula is C16H16N2O4. The van der Waals surface area contributed by atoms with Crippen LogP contribution in [0, 0.1) is 0 Å². The first-order valence-corrected chi connectivity index (χ1v) is 7.31. The van der Waals surface area contributed by atoms with Crippen LogP contribution >= 0.6 is 0 Å². The third-order valence-electron chi connectivity index (χ3n) is 3.49. The molecule has 0 radical (unpaired) electrons. The smallest absolute Gasteiger partial charge is 0.283 e. The van der Waals surface area contributed by atoms with Gasteiger partial charge in [-0.3, -0.25) is 0 Å². The molecule has 4 rings (SSSR count). The van der Waals surface area contributed by atoms with Crippen LogP contribution in [-0.4, -0.2) is 29.5 Å². The number of hydrogen-bond acceptors (Lipinski definition) is 6. The number of aromatic nitrogens is 2. The van der Waals surface area contributed by atoms with Gasteiger partial charge in [-0.25, -0.2) is 0 Å². The Labute approximate surface area is 127 Å². The molecule has 1 saturated heterocycles. The lowest BCUT2D eigenvalue weighted by molar-refractivity contribution is 0.265. The molecule has 22 heavy (non-hydrogen) atoms. The van der Waals surface area contributed by atoms with E-state index in [4.69, 9.17) is 18.3 Å². The number of benzene rings is 1. The minimum Gasteiger partial charge on any atom is -0.490 e. The van der Waals surface area contributed by atoms with E-state index in [2.05, 4.69) is 10.2 Å². The minimum atomic E-state index is 0.183. The van der Waals surface area contributed by atoms with Crippen molar-refractivity contribution in [2.24, 2.45) is 0 Å². The van der Waals surface area contributed by atoms with E-state index in [9.17, 15) is 0 Å². The molecule has 2 aromatic heterocycles. The Kier molecular flexibility index (Phi) is 3.11. The first-order chi connectivity index (χ1) is 10.7. The molecule has 114 valence electrons. The molecule has 0 aliphatic carbocycles. The summed E-state index contributed by atoms with van der Waals surface area (Å²) in [5.74, 6) is 2.48. The third kappa shape index (κ3) is 2.46. The molecule has 1 atom stereocenters. The number of furan rings is 1. The highest BCUT2D eigenvalue weighted by atomic mass is 16.6. The molecule has 0 spiro atoms. The fourth-order valence-electron chi connectivity index (χ4n) is 2.18. The Morgan fingerprint density at radius 1 is 1.27 bits per heavy atom. The zero-order chi connectivity index (χ0) is 15.1. The predicted molar refractivity (Wildman–Crippen MR) is 78.8 cm³/mol. The van der Waals surface area contributed by atoms with E-state index in [0.717, 1.165) is 23.3 Å². The Bertz CT molecular complexity index is 801. The van der Waals surface area contributed by atoms with Crippen molar-refractivity contribution in [2.75, 3.05) is 13.2 Å². The summed E-state index contributed by atoms with van der Waals surface area (Å²) in [5.41, 5.74) is 0.730. The van der Waals surface area contributed by atoms with Crippen LogP contribution in [-0.2, 0) is 4.74 Å². The van der Waals surface area contributed by atoms with Crippen LogP contribution in [0.1, 0.15) is 25.7 Å². The number of ether oxygens (including phenoxy) is 2. The van der Waals surface area contributed by atoms with Crippen molar-refractivity contribution in [1.82, 2.24) is 10.2 Å². The molecule has 1 fully saturated rings. The predicted octanol–water partition coefficient (Wildman–Crippen LogP) is 3.38. The molecule has 0 bridgehead atoms. The van der Waals surface area contributed by atoms with Gasteiger partial charge in [0.25, 0.3) is 5.89 Å². The Balaban J connectivity index is 1.67. The molecular weight excluding hydrogens is 284 g/mol. The summed E-state index contributed by atoms with van der Waals surface area (Å²) in [5, 5.41) is 8.96. The van der Waals surface area contributed by atoms with Crippen molar-refractivity contribution in [3.63, 3.8) is 0 Å². The van der Waals surface area contributed by atoms with E-state index in [0.29, 0.717) is 24.1 Å². The van der Waals surface area contributed by atoms with Crippen LogP contribution in [0.2, 0.25) is 0 Å². The van der Waals surface area contributed by atoms with Crippen molar-refractivity contribution in [3.8, 4) is 17.4 Å². The normalized spacial score (nSPS) is 17.3. The van der Waals surface area contributed by atoms with E-state index >= 15 is 0 Å². The van der Waals surface area contributed by atoms with Gasteiger partial charge in [-0.05, 0) is 12.1 Å². The van der Waals surface area contributed by atoms with Crippen molar-refractivity contribution in [2.45, 2.75) is 25.9 Å². The van der Waals surface area contributed by atoms with E-state index in [-0.39, 0.29) is 12.0 Å². The van der Waals surface area contributed by atoms with Gasteiger partial charge >= 0.3 is 0 Å². The number of nitrogens with zero attached hydrogens (tertiary/aromatic N) is 2. The molecule has 0 amide bonds. The Morgan fingerprint density at radius 2 is 2.14 bits per heavy atom. The topological polar surface area (TPSA) is 73.8 Å². The number of rotatable bonds is 5. The Morgan fingerprint density at radius 3 is 2.86 bits per heavy atom. The van der Waals surface area contributed by atoms with Gasteiger partial charge in [0.15, 0.2) is 5.76 Å². The van der Waals surface area contributed by atoms with E-state index < -0.39 is 0 Å². The average molecular weight is 300 g/mol. The fourth-order valence-corrected chi connectivity index (χ4v) is 2.18. The van der Waals surface area contributed by atoms with Crippen LogP contribution < -0.4 is 4.74 Å². The summed E-state index contributed by atoms with van der Waals surface area (Å²) in [6.07, 6.45) is 0.214. The monoisotopic (exact) mass is 300 g/mol. The van der Waals surface area contributed by atoms with Crippen LogP contribution in [0.3, 0.4) is 0 Å². The molecule has 6 heteroatoms. The van der Waals surface area contributed by atoms with Crippen LogP contribution in [0.5, 0.6) is 5.75 Å². The molecule has 3 heterocycles. The lowest BCUT2D eigenvalue weighted by atomic mass is 10.2. The first-order valence-electron chi connectivity index (χ1n) is 7.31. The highest BCUT2D eigenvalue weighted by Crippen LogP contribution is 2.33. The lowest BCUT2D eigenvalue weighted by Crippen LogP contribution is -2.03. The fraction of sp³-hybridized carbons (Fsp3) is 0.375. The zero-order valence-corrected chi connectivity index (χ0v) is 12.4. The molecule has 3 aromatic rings. The average Bonchev–Trinajstić information content (AvgIpc) is 3.02. The maximum atomic E-state index is 5.80. The highest BCUT2D eigenvalue weighted by Gasteiger charge is 2.24. The van der Waals surface area contributed by atoms with E-state index in [1.807, 2.05) is 38.1 Å². The number of hydrogen-bond donors (Lipinski definition) is 0. The highest BCUT2D eigenvalue weighted by molar-refractivity contribution is 5.87. The standard InChI is InChI=1S/C16H16N2O4/c1-9(2)15-17-18-16(22-15)14-6-11-12(20-8-10-7-19-10)4-3-5-13(11)21-14/h3-6,9-10H,7-8H2,1-2H3/t10-/m0/s1. The first kappa shape index (κ1) is 13.3. The molecule has 1 aliphatic rings. The lowest BCUT2D eigenvalue weighted by Gasteiger charge is -2.04.